The minimum atomic E-state index is -0.420. The summed E-state index contributed by atoms with van der Waals surface area (Å²) in [6.07, 6.45) is 0. The molecular weight excluding hydrogens is 398 g/mol. The molecular formula is C20H22ClN3O5. The Labute approximate surface area is 173 Å². The van der Waals surface area contributed by atoms with Crippen LogP contribution in [0, 0.1) is 10.1 Å². The van der Waals surface area contributed by atoms with Crippen LogP contribution in [0.1, 0.15) is 17.3 Å². The highest BCUT2D eigenvalue weighted by Gasteiger charge is 2.24. The summed E-state index contributed by atoms with van der Waals surface area (Å²) in [6, 6.07) is 9.67. The van der Waals surface area contributed by atoms with Crippen molar-refractivity contribution in [2.24, 2.45) is 0 Å². The van der Waals surface area contributed by atoms with Crippen molar-refractivity contribution in [2.75, 3.05) is 44.8 Å². The van der Waals surface area contributed by atoms with Gasteiger partial charge in [0.2, 0.25) is 0 Å². The third-order valence-electron chi connectivity index (χ3n) is 4.76. The summed E-state index contributed by atoms with van der Waals surface area (Å²) in [4.78, 5) is 27.2. The minimum absolute atomic E-state index is 0.0592. The highest BCUT2D eigenvalue weighted by molar-refractivity contribution is 6.32. The van der Waals surface area contributed by atoms with Gasteiger partial charge in [0.25, 0.3) is 11.6 Å². The van der Waals surface area contributed by atoms with Crippen molar-refractivity contribution in [1.82, 2.24) is 4.90 Å². The molecule has 2 aromatic rings. The Morgan fingerprint density at radius 2 is 1.83 bits per heavy atom. The van der Waals surface area contributed by atoms with Crippen LogP contribution in [0.5, 0.6) is 11.5 Å². The summed E-state index contributed by atoms with van der Waals surface area (Å²) < 4.78 is 10.8. The molecule has 29 heavy (non-hydrogen) atoms. The second-order valence-corrected chi connectivity index (χ2v) is 6.88. The molecule has 1 heterocycles. The van der Waals surface area contributed by atoms with Crippen LogP contribution in [0.15, 0.2) is 36.4 Å². The first-order valence-electron chi connectivity index (χ1n) is 9.23. The number of benzene rings is 2. The number of hydrogen-bond acceptors (Lipinski definition) is 6. The van der Waals surface area contributed by atoms with Crippen molar-refractivity contribution in [2.45, 2.75) is 6.92 Å². The Morgan fingerprint density at radius 3 is 2.38 bits per heavy atom. The molecule has 1 amide bonds. The van der Waals surface area contributed by atoms with E-state index in [0.29, 0.717) is 54.9 Å². The molecule has 0 bridgehead atoms. The van der Waals surface area contributed by atoms with Crippen LogP contribution >= 0.6 is 11.6 Å². The number of hydrogen-bond donors (Lipinski definition) is 0. The molecule has 8 nitrogen and oxygen atoms in total. The number of nitrogens with zero attached hydrogens (tertiary/aromatic N) is 3. The molecule has 0 spiro atoms. The van der Waals surface area contributed by atoms with E-state index in [1.807, 2.05) is 6.92 Å². The van der Waals surface area contributed by atoms with Crippen LogP contribution in [0.3, 0.4) is 0 Å². The number of methoxy groups -OCH3 is 1. The van der Waals surface area contributed by atoms with Crippen LogP contribution < -0.4 is 14.4 Å². The van der Waals surface area contributed by atoms with E-state index in [4.69, 9.17) is 21.1 Å². The predicted octanol–water partition coefficient (Wildman–Crippen LogP) is 3.62. The van der Waals surface area contributed by atoms with Crippen LogP contribution in [0.4, 0.5) is 11.4 Å². The minimum Gasteiger partial charge on any atom is -0.493 e. The number of non-ortho nitro benzene ring substituents is 1. The van der Waals surface area contributed by atoms with Crippen LogP contribution in [-0.4, -0.2) is 55.6 Å². The van der Waals surface area contributed by atoms with Crippen molar-refractivity contribution >= 4 is 28.9 Å². The number of rotatable bonds is 6. The maximum absolute atomic E-state index is 12.9. The van der Waals surface area contributed by atoms with Crippen molar-refractivity contribution < 1.29 is 19.2 Å². The zero-order valence-electron chi connectivity index (χ0n) is 16.3. The normalized spacial score (nSPS) is 13.9. The fourth-order valence-electron chi connectivity index (χ4n) is 3.26. The molecule has 0 unspecified atom stereocenters. The van der Waals surface area contributed by atoms with Crippen molar-refractivity contribution in [1.29, 1.82) is 0 Å². The third-order valence-corrected chi connectivity index (χ3v) is 5.04. The van der Waals surface area contributed by atoms with E-state index in [-0.39, 0.29) is 11.6 Å². The summed E-state index contributed by atoms with van der Waals surface area (Å²) in [5, 5.41) is 11.1. The average molecular weight is 420 g/mol. The molecule has 154 valence electrons. The van der Waals surface area contributed by atoms with Gasteiger partial charge < -0.3 is 19.3 Å². The van der Waals surface area contributed by atoms with Gasteiger partial charge >= 0.3 is 0 Å². The maximum Gasteiger partial charge on any atom is 0.269 e. The largest absolute Gasteiger partial charge is 0.493 e. The lowest BCUT2D eigenvalue weighted by atomic mass is 10.1. The van der Waals surface area contributed by atoms with Gasteiger partial charge in [-0.05, 0) is 31.2 Å². The molecule has 3 rings (SSSR count). The van der Waals surface area contributed by atoms with Gasteiger partial charge in [0.15, 0.2) is 11.5 Å². The second kappa shape index (κ2) is 9.00. The highest BCUT2D eigenvalue weighted by Crippen LogP contribution is 2.36. The number of amides is 1. The number of nitro benzene ring substituents is 1. The molecule has 0 saturated carbocycles. The smallest absolute Gasteiger partial charge is 0.269 e. The van der Waals surface area contributed by atoms with Gasteiger partial charge in [0.1, 0.15) is 0 Å². The fourth-order valence-corrected chi connectivity index (χ4v) is 3.53. The van der Waals surface area contributed by atoms with Gasteiger partial charge in [-0.25, -0.2) is 0 Å². The lowest BCUT2D eigenvalue weighted by Gasteiger charge is -2.36. The Kier molecular flexibility index (Phi) is 6.43. The summed E-state index contributed by atoms with van der Waals surface area (Å²) in [7, 11) is 1.51. The SMILES string of the molecule is CCOc1c(Cl)cc(C(=O)N2CCN(c3ccc([N+](=O)[O-])cc3)CC2)cc1OC. The topological polar surface area (TPSA) is 85.2 Å². The Hall–Kier alpha value is -3.00. The van der Waals surface area contributed by atoms with E-state index in [9.17, 15) is 14.9 Å². The molecule has 1 aliphatic rings. The van der Waals surface area contributed by atoms with E-state index in [1.165, 1.54) is 19.2 Å². The van der Waals surface area contributed by atoms with Crippen molar-refractivity contribution in [3.8, 4) is 11.5 Å². The Morgan fingerprint density at radius 1 is 1.17 bits per heavy atom. The van der Waals surface area contributed by atoms with E-state index in [1.54, 1.807) is 29.2 Å². The number of nitro groups is 1. The molecule has 0 N–H and O–H groups in total. The highest BCUT2D eigenvalue weighted by atomic mass is 35.5. The third kappa shape index (κ3) is 4.54. The first-order valence-corrected chi connectivity index (χ1v) is 9.61. The number of piperazine rings is 1. The summed E-state index contributed by atoms with van der Waals surface area (Å²) >= 11 is 6.28. The molecule has 1 fully saturated rings. The molecule has 0 radical (unpaired) electrons. The fraction of sp³-hybridized carbons (Fsp3) is 0.350. The van der Waals surface area contributed by atoms with Gasteiger partial charge in [0.05, 0.1) is 23.7 Å². The van der Waals surface area contributed by atoms with Crippen LogP contribution in [0.25, 0.3) is 0 Å². The van der Waals surface area contributed by atoms with Gasteiger partial charge in [-0.15, -0.1) is 0 Å². The number of anilines is 1. The average Bonchev–Trinajstić information content (AvgIpc) is 2.74. The zero-order valence-corrected chi connectivity index (χ0v) is 17.0. The molecule has 1 aliphatic heterocycles. The Balaban J connectivity index is 1.68. The number of carbonyl (C=O) groups is 1. The monoisotopic (exact) mass is 419 g/mol. The molecule has 1 saturated heterocycles. The van der Waals surface area contributed by atoms with Crippen LogP contribution in [-0.2, 0) is 0 Å². The molecule has 9 heteroatoms. The predicted molar refractivity (Wildman–Crippen MR) is 110 cm³/mol. The van der Waals surface area contributed by atoms with Crippen molar-refractivity contribution in [3.63, 3.8) is 0 Å². The van der Waals surface area contributed by atoms with Gasteiger partial charge in [-0.3, -0.25) is 14.9 Å². The summed E-state index contributed by atoms with van der Waals surface area (Å²) in [5.74, 6) is 0.722. The van der Waals surface area contributed by atoms with Gasteiger partial charge in [-0.1, -0.05) is 11.6 Å². The molecule has 0 atom stereocenters. The second-order valence-electron chi connectivity index (χ2n) is 6.48. The van der Waals surface area contributed by atoms with Crippen molar-refractivity contribution in [3.05, 3.63) is 57.1 Å². The van der Waals surface area contributed by atoms with Gasteiger partial charge in [0, 0.05) is 49.6 Å². The van der Waals surface area contributed by atoms with E-state index >= 15 is 0 Å². The number of halogens is 1. The molecule has 0 aliphatic carbocycles. The zero-order chi connectivity index (χ0) is 21.0. The first kappa shape index (κ1) is 20.7. The summed E-state index contributed by atoms with van der Waals surface area (Å²) in [5.41, 5.74) is 1.40. The van der Waals surface area contributed by atoms with Gasteiger partial charge in [-0.2, -0.15) is 0 Å². The Bertz CT molecular complexity index is 896. The summed E-state index contributed by atoms with van der Waals surface area (Å²) in [6.45, 7) is 4.61. The first-order chi connectivity index (χ1) is 13.9. The quantitative estimate of drug-likeness (QED) is 0.525. The van der Waals surface area contributed by atoms with Crippen LogP contribution in [0.2, 0.25) is 5.02 Å². The van der Waals surface area contributed by atoms with E-state index in [0.717, 1.165) is 5.69 Å². The van der Waals surface area contributed by atoms with E-state index < -0.39 is 4.92 Å². The molecule has 0 aromatic heterocycles. The van der Waals surface area contributed by atoms with E-state index in [2.05, 4.69) is 4.90 Å². The molecule has 2 aromatic carbocycles. The lowest BCUT2D eigenvalue weighted by molar-refractivity contribution is -0.384. The number of carbonyl (C=O) groups excluding carboxylic acids is 1. The number of ether oxygens (including phenoxy) is 2. The maximum atomic E-state index is 12.9. The standard InChI is InChI=1S/C20H22ClN3O5/c1-3-29-19-17(21)12-14(13-18(19)28-2)20(25)23-10-8-22(9-11-23)15-4-6-16(7-5-15)24(26)27/h4-7,12-13H,3,8-11H2,1-2H3. The lowest BCUT2D eigenvalue weighted by Crippen LogP contribution is -2.48.